The Kier molecular flexibility index (Phi) is 7.07. The van der Waals surface area contributed by atoms with Crippen molar-refractivity contribution in [2.24, 2.45) is 0 Å². The maximum atomic E-state index is 13.2. The van der Waals surface area contributed by atoms with Gasteiger partial charge in [-0.15, -0.1) is 0 Å². The predicted molar refractivity (Wildman–Crippen MR) is 129 cm³/mol. The van der Waals surface area contributed by atoms with Crippen molar-refractivity contribution in [3.05, 3.63) is 53.1 Å². The highest BCUT2D eigenvalue weighted by atomic mass is 32.2. The first-order chi connectivity index (χ1) is 15.8. The van der Waals surface area contributed by atoms with Crippen molar-refractivity contribution in [3.8, 4) is 5.75 Å². The van der Waals surface area contributed by atoms with Crippen molar-refractivity contribution in [2.75, 3.05) is 38.5 Å². The van der Waals surface area contributed by atoms with E-state index in [2.05, 4.69) is 16.3 Å². The summed E-state index contributed by atoms with van der Waals surface area (Å²) in [6.07, 6.45) is 3.60. The van der Waals surface area contributed by atoms with E-state index in [1.165, 1.54) is 21.9 Å². The van der Waals surface area contributed by atoms with E-state index < -0.39 is 16.1 Å². The van der Waals surface area contributed by atoms with Crippen molar-refractivity contribution in [1.29, 1.82) is 0 Å². The molecule has 33 heavy (non-hydrogen) atoms. The van der Waals surface area contributed by atoms with Crippen LogP contribution in [0.25, 0.3) is 0 Å². The number of rotatable bonds is 6. The van der Waals surface area contributed by atoms with Crippen LogP contribution in [0.15, 0.2) is 41.3 Å². The van der Waals surface area contributed by atoms with Gasteiger partial charge in [0.1, 0.15) is 5.75 Å². The number of hydrogen-bond acceptors (Lipinski definition) is 5. The smallest absolute Gasteiger partial charge is 0.265 e. The van der Waals surface area contributed by atoms with E-state index in [4.69, 9.17) is 4.74 Å². The molecule has 1 aliphatic heterocycles. The molecule has 0 saturated carbocycles. The van der Waals surface area contributed by atoms with Crippen molar-refractivity contribution < 1.29 is 17.9 Å². The lowest BCUT2D eigenvalue weighted by atomic mass is 9.91. The number of piperazine rings is 1. The summed E-state index contributed by atoms with van der Waals surface area (Å²) in [7, 11) is -1.64. The van der Waals surface area contributed by atoms with Crippen LogP contribution in [0.2, 0.25) is 0 Å². The molecule has 1 saturated heterocycles. The lowest BCUT2D eigenvalue weighted by molar-refractivity contribution is -0.122. The number of aryl methyl sites for hydroxylation is 2. The maximum absolute atomic E-state index is 13.2. The summed E-state index contributed by atoms with van der Waals surface area (Å²) in [6.45, 7) is 5.81. The Bertz CT molecular complexity index is 1120. The Balaban J connectivity index is 1.47. The number of fused-ring (bicyclic) bond motifs is 1. The van der Waals surface area contributed by atoms with Crippen LogP contribution in [-0.2, 0) is 27.7 Å². The fourth-order valence-corrected chi connectivity index (χ4v) is 6.14. The number of likely N-dealkylation sites (N-methyl/N-ethyl adjacent to an activating group) is 1. The number of benzene rings is 2. The number of carbonyl (C=O) groups is 1. The second-order valence-electron chi connectivity index (χ2n) is 9.04. The maximum Gasteiger partial charge on any atom is 0.265 e. The number of nitrogens with zero attached hydrogens (tertiary/aromatic N) is 2. The molecule has 0 unspecified atom stereocenters. The van der Waals surface area contributed by atoms with Crippen molar-refractivity contribution in [1.82, 2.24) is 9.21 Å². The zero-order chi connectivity index (χ0) is 23.6. The molecule has 178 valence electrons. The number of carbonyl (C=O) groups excluding carboxylic acids is 1. The van der Waals surface area contributed by atoms with Gasteiger partial charge in [0.15, 0.2) is 6.10 Å². The van der Waals surface area contributed by atoms with E-state index in [1.807, 2.05) is 19.2 Å². The van der Waals surface area contributed by atoms with Gasteiger partial charge in [0.05, 0.1) is 4.90 Å². The van der Waals surface area contributed by atoms with E-state index in [1.54, 1.807) is 32.0 Å². The van der Waals surface area contributed by atoms with Gasteiger partial charge < -0.3 is 15.0 Å². The van der Waals surface area contributed by atoms with Gasteiger partial charge in [-0.25, -0.2) is 8.42 Å². The molecule has 2 aromatic rings. The molecule has 0 bridgehead atoms. The van der Waals surface area contributed by atoms with Crippen LogP contribution in [-0.4, -0.2) is 62.9 Å². The molecular weight excluding hydrogens is 438 g/mol. The van der Waals surface area contributed by atoms with E-state index >= 15 is 0 Å². The molecule has 1 heterocycles. The van der Waals surface area contributed by atoms with Gasteiger partial charge in [-0.3, -0.25) is 4.79 Å². The number of amides is 1. The second-order valence-corrected chi connectivity index (χ2v) is 10.9. The van der Waals surface area contributed by atoms with E-state index in [-0.39, 0.29) is 10.8 Å². The number of ether oxygens (including phenoxy) is 1. The topological polar surface area (TPSA) is 78.9 Å². The first-order valence-electron chi connectivity index (χ1n) is 11.6. The van der Waals surface area contributed by atoms with Gasteiger partial charge in [0, 0.05) is 31.9 Å². The number of hydrogen-bond donors (Lipinski definition) is 1. The Hall–Kier alpha value is -2.42. The summed E-state index contributed by atoms with van der Waals surface area (Å²) in [4.78, 5) is 15.2. The van der Waals surface area contributed by atoms with E-state index in [0.29, 0.717) is 37.4 Å². The molecule has 1 amide bonds. The summed E-state index contributed by atoms with van der Waals surface area (Å²) in [5, 5.41) is 2.84. The van der Waals surface area contributed by atoms with Crippen LogP contribution in [0.5, 0.6) is 5.75 Å². The molecule has 1 fully saturated rings. The van der Waals surface area contributed by atoms with Crippen LogP contribution >= 0.6 is 0 Å². The molecule has 7 nitrogen and oxygen atoms in total. The molecule has 0 spiro atoms. The number of sulfonamides is 1. The quantitative estimate of drug-likeness (QED) is 0.700. The fraction of sp³-hybridized carbons (Fsp3) is 0.480. The predicted octanol–water partition coefficient (Wildman–Crippen LogP) is 3.22. The zero-order valence-electron chi connectivity index (χ0n) is 19.6. The van der Waals surface area contributed by atoms with Crippen LogP contribution < -0.4 is 10.1 Å². The minimum Gasteiger partial charge on any atom is -0.481 e. The third kappa shape index (κ3) is 5.23. The summed E-state index contributed by atoms with van der Waals surface area (Å²) >= 11 is 0. The largest absolute Gasteiger partial charge is 0.481 e. The van der Waals surface area contributed by atoms with Gasteiger partial charge in [-0.1, -0.05) is 18.2 Å². The lowest BCUT2D eigenvalue weighted by Gasteiger charge is -2.32. The molecule has 0 radical (unpaired) electrons. The number of nitrogens with one attached hydrogen (secondary N) is 1. The normalized spacial score (nSPS) is 18.4. The molecule has 2 aromatic carbocycles. The van der Waals surface area contributed by atoms with Crippen molar-refractivity contribution >= 4 is 21.6 Å². The molecule has 2 aliphatic rings. The standard InChI is InChI=1S/C25H33N3O4S/c1-18-11-12-21(17-24(18)33(30,31)28-15-13-27(3)14-16-28)26-25(29)19(2)32-23-10-6-8-20-7-4-5-9-22(20)23/h6,8,10-12,17,19H,4-5,7,9,13-16H2,1-3H3,(H,26,29)/t19-/m0/s1. The van der Waals surface area contributed by atoms with E-state index in [9.17, 15) is 13.2 Å². The lowest BCUT2D eigenvalue weighted by Crippen LogP contribution is -2.47. The third-order valence-electron chi connectivity index (χ3n) is 6.56. The van der Waals surface area contributed by atoms with Gasteiger partial charge in [0.2, 0.25) is 10.0 Å². The highest BCUT2D eigenvalue weighted by Gasteiger charge is 2.29. The number of anilines is 1. The summed E-state index contributed by atoms with van der Waals surface area (Å²) < 4.78 is 34.0. The Morgan fingerprint density at radius 2 is 1.79 bits per heavy atom. The molecule has 4 rings (SSSR count). The molecule has 8 heteroatoms. The van der Waals surface area contributed by atoms with Crippen molar-refractivity contribution in [3.63, 3.8) is 0 Å². The second kappa shape index (κ2) is 9.83. The monoisotopic (exact) mass is 471 g/mol. The molecular formula is C25H33N3O4S. The zero-order valence-corrected chi connectivity index (χ0v) is 20.5. The van der Waals surface area contributed by atoms with Crippen LogP contribution in [0, 0.1) is 6.92 Å². The third-order valence-corrected chi connectivity index (χ3v) is 8.60. The summed E-state index contributed by atoms with van der Waals surface area (Å²) in [6, 6.07) is 11.0. The van der Waals surface area contributed by atoms with Crippen LogP contribution in [0.1, 0.15) is 36.5 Å². The summed E-state index contributed by atoms with van der Waals surface area (Å²) in [5.41, 5.74) is 3.60. The van der Waals surface area contributed by atoms with E-state index in [0.717, 1.165) is 25.0 Å². The first kappa shape index (κ1) is 23.7. The first-order valence-corrected chi connectivity index (χ1v) is 13.1. The molecule has 1 atom stereocenters. The highest BCUT2D eigenvalue weighted by molar-refractivity contribution is 7.89. The molecule has 1 N–H and O–H groups in total. The molecule has 0 aromatic heterocycles. The average molecular weight is 472 g/mol. The minimum absolute atomic E-state index is 0.232. The van der Waals surface area contributed by atoms with Gasteiger partial charge in [-0.2, -0.15) is 4.31 Å². The fourth-order valence-electron chi connectivity index (χ4n) is 4.47. The van der Waals surface area contributed by atoms with Crippen LogP contribution in [0.4, 0.5) is 5.69 Å². The Morgan fingerprint density at radius 1 is 1.06 bits per heavy atom. The SMILES string of the molecule is Cc1ccc(NC(=O)[C@H](C)Oc2cccc3c2CCCC3)cc1S(=O)(=O)N1CCN(C)CC1. The Morgan fingerprint density at radius 3 is 2.55 bits per heavy atom. The van der Waals surface area contributed by atoms with Gasteiger partial charge >= 0.3 is 0 Å². The minimum atomic E-state index is -3.63. The van der Waals surface area contributed by atoms with Crippen molar-refractivity contribution in [2.45, 2.75) is 50.5 Å². The van der Waals surface area contributed by atoms with Crippen LogP contribution in [0.3, 0.4) is 0 Å². The highest BCUT2D eigenvalue weighted by Crippen LogP contribution is 2.30. The average Bonchev–Trinajstić information content (AvgIpc) is 2.80. The van der Waals surface area contributed by atoms with Gasteiger partial charge in [0.25, 0.3) is 5.91 Å². The molecule has 1 aliphatic carbocycles. The Labute approximate surface area is 196 Å². The summed E-state index contributed by atoms with van der Waals surface area (Å²) in [5.74, 6) is 0.451. The van der Waals surface area contributed by atoms with Gasteiger partial charge in [-0.05, 0) is 81.5 Å².